The number of sulfonamides is 1. The molecular weight excluding hydrogens is 262 g/mol. The van der Waals surface area contributed by atoms with E-state index < -0.39 is 16.1 Å². The number of nitrogens with zero attached hydrogens (tertiary/aromatic N) is 1. The molecule has 1 aromatic carbocycles. The fourth-order valence-corrected chi connectivity index (χ4v) is 3.95. The van der Waals surface area contributed by atoms with Crippen molar-refractivity contribution in [1.29, 1.82) is 0 Å². The molecule has 0 amide bonds. The Balaban J connectivity index is 2.38. The Hall–Kier alpha value is -0.620. The van der Waals surface area contributed by atoms with Crippen LogP contribution < -0.4 is 0 Å². The molecule has 17 heavy (non-hydrogen) atoms. The van der Waals surface area contributed by atoms with Crippen molar-refractivity contribution in [2.24, 2.45) is 0 Å². The number of aliphatic hydroxyl groups excluding tert-OH is 1. The highest BCUT2D eigenvalue weighted by Gasteiger charge is 2.32. The Kier molecular flexibility index (Phi) is 3.45. The Morgan fingerprint density at radius 3 is 2.71 bits per heavy atom. The van der Waals surface area contributed by atoms with Crippen molar-refractivity contribution in [3.63, 3.8) is 0 Å². The van der Waals surface area contributed by atoms with E-state index in [1.54, 1.807) is 12.1 Å². The van der Waals surface area contributed by atoms with Gasteiger partial charge in [-0.2, -0.15) is 4.31 Å². The van der Waals surface area contributed by atoms with Crippen molar-refractivity contribution in [1.82, 2.24) is 4.31 Å². The summed E-state index contributed by atoms with van der Waals surface area (Å²) >= 11 is 5.96. The molecule has 0 spiro atoms. The largest absolute Gasteiger partial charge is 0.392 e. The first-order valence-corrected chi connectivity index (χ1v) is 7.17. The SMILES string of the molecule is Cc1ccc(S(=O)(=O)N2CC[C@H](O)C2)c(Cl)c1. The molecule has 0 radical (unpaired) electrons. The third-order valence-corrected chi connectivity index (χ3v) is 5.18. The number of benzene rings is 1. The first-order chi connectivity index (χ1) is 7.91. The predicted octanol–water partition coefficient (Wildman–Crippen LogP) is 1.40. The molecule has 1 aliphatic heterocycles. The third kappa shape index (κ3) is 2.47. The molecule has 1 fully saturated rings. The lowest BCUT2D eigenvalue weighted by molar-refractivity contribution is 0.189. The fourth-order valence-electron chi connectivity index (χ4n) is 1.88. The highest BCUT2D eigenvalue weighted by molar-refractivity contribution is 7.89. The van der Waals surface area contributed by atoms with Gasteiger partial charge in [-0.15, -0.1) is 0 Å². The van der Waals surface area contributed by atoms with Crippen molar-refractivity contribution in [3.8, 4) is 0 Å². The first-order valence-electron chi connectivity index (χ1n) is 5.35. The van der Waals surface area contributed by atoms with Crippen LogP contribution >= 0.6 is 11.6 Å². The molecule has 1 atom stereocenters. The van der Waals surface area contributed by atoms with E-state index in [1.165, 1.54) is 10.4 Å². The molecule has 0 aromatic heterocycles. The molecule has 1 saturated heterocycles. The van der Waals surface area contributed by atoms with Crippen molar-refractivity contribution < 1.29 is 13.5 Å². The summed E-state index contributed by atoms with van der Waals surface area (Å²) in [4.78, 5) is 0.110. The fraction of sp³-hybridized carbons (Fsp3) is 0.455. The van der Waals surface area contributed by atoms with Crippen LogP contribution in [-0.4, -0.2) is 37.0 Å². The molecule has 1 N–H and O–H groups in total. The Morgan fingerprint density at radius 2 is 2.18 bits per heavy atom. The molecule has 0 bridgehead atoms. The highest BCUT2D eigenvalue weighted by Crippen LogP contribution is 2.27. The Bertz CT molecular complexity index is 530. The number of rotatable bonds is 2. The maximum atomic E-state index is 12.2. The summed E-state index contributed by atoms with van der Waals surface area (Å²) in [5.74, 6) is 0. The van der Waals surface area contributed by atoms with Crippen molar-refractivity contribution in [2.45, 2.75) is 24.3 Å². The van der Waals surface area contributed by atoms with Crippen molar-refractivity contribution >= 4 is 21.6 Å². The van der Waals surface area contributed by atoms with Gasteiger partial charge in [0.15, 0.2) is 0 Å². The molecule has 1 aliphatic rings. The number of aliphatic hydroxyl groups is 1. The summed E-state index contributed by atoms with van der Waals surface area (Å²) in [5.41, 5.74) is 0.912. The minimum absolute atomic E-state index is 0.110. The van der Waals surface area contributed by atoms with Crippen LogP contribution in [0, 0.1) is 6.92 Å². The molecule has 2 rings (SSSR count). The zero-order chi connectivity index (χ0) is 12.6. The van der Waals surface area contributed by atoms with E-state index in [0.29, 0.717) is 13.0 Å². The molecule has 6 heteroatoms. The second kappa shape index (κ2) is 4.57. The third-order valence-electron chi connectivity index (χ3n) is 2.83. The highest BCUT2D eigenvalue weighted by atomic mass is 35.5. The second-order valence-corrected chi connectivity index (χ2v) is 6.55. The Labute approximate surface area is 106 Å². The van der Waals surface area contributed by atoms with Gasteiger partial charge in [-0.3, -0.25) is 0 Å². The van der Waals surface area contributed by atoms with Crippen LogP contribution in [0.3, 0.4) is 0 Å². The van der Waals surface area contributed by atoms with E-state index in [0.717, 1.165) is 5.56 Å². The monoisotopic (exact) mass is 275 g/mol. The summed E-state index contributed by atoms with van der Waals surface area (Å²) in [7, 11) is -3.58. The number of hydrogen-bond acceptors (Lipinski definition) is 3. The van der Waals surface area contributed by atoms with Crippen LogP contribution in [0.1, 0.15) is 12.0 Å². The van der Waals surface area contributed by atoms with E-state index in [2.05, 4.69) is 0 Å². The zero-order valence-corrected chi connectivity index (χ0v) is 11.0. The molecule has 94 valence electrons. The summed E-state index contributed by atoms with van der Waals surface area (Å²) in [6.45, 7) is 2.34. The lowest BCUT2D eigenvalue weighted by atomic mass is 10.2. The van der Waals surface area contributed by atoms with E-state index in [9.17, 15) is 13.5 Å². The van der Waals surface area contributed by atoms with Gasteiger partial charge in [-0.1, -0.05) is 17.7 Å². The molecule has 0 unspecified atom stereocenters. The van der Waals surface area contributed by atoms with Crippen LogP contribution in [0.4, 0.5) is 0 Å². The van der Waals surface area contributed by atoms with Gasteiger partial charge in [0.05, 0.1) is 11.1 Å². The van der Waals surface area contributed by atoms with Gasteiger partial charge in [-0.05, 0) is 31.0 Å². The maximum absolute atomic E-state index is 12.2. The van der Waals surface area contributed by atoms with E-state index >= 15 is 0 Å². The summed E-state index contributed by atoms with van der Waals surface area (Å²) in [6.07, 6.45) is -0.100. The normalized spacial score (nSPS) is 21.9. The first kappa shape index (κ1) is 12.8. The number of halogens is 1. The molecular formula is C11H14ClNO3S. The Morgan fingerprint density at radius 1 is 1.47 bits per heavy atom. The van der Waals surface area contributed by atoms with Gasteiger partial charge in [0, 0.05) is 13.1 Å². The molecule has 4 nitrogen and oxygen atoms in total. The average molecular weight is 276 g/mol. The topological polar surface area (TPSA) is 57.6 Å². The van der Waals surface area contributed by atoms with Crippen molar-refractivity contribution in [3.05, 3.63) is 28.8 Å². The maximum Gasteiger partial charge on any atom is 0.244 e. The molecule has 0 aliphatic carbocycles. The quantitative estimate of drug-likeness (QED) is 0.888. The number of hydrogen-bond donors (Lipinski definition) is 1. The predicted molar refractivity (Wildman–Crippen MR) is 65.6 cm³/mol. The van der Waals surface area contributed by atoms with Crippen LogP contribution in [-0.2, 0) is 10.0 Å². The lowest BCUT2D eigenvalue weighted by Gasteiger charge is -2.16. The standard InChI is InChI=1S/C11H14ClNO3S/c1-8-2-3-11(10(12)6-8)17(15,16)13-5-4-9(14)7-13/h2-3,6,9,14H,4-5,7H2,1H3/t9-/m0/s1. The smallest absolute Gasteiger partial charge is 0.244 e. The minimum Gasteiger partial charge on any atom is -0.392 e. The van der Waals surface area contributed by atoms with Crippen LogP contribution in [0.25, 0.3) is 0 Å². The van der Waals surface area contributed by atoms with E-state index in [-0.39, 0.29) is 16.5 Å². The van der Waals surface area contributed by atoms with Crippen LogP contribution in [0.2, 0.25) is 5.02 Å². The minimum atomic E-state index is -3.58. The van der Waals surface area contributed by atoms with Gasteiger partial charge in [0.1, 0.15) is 4.90 Å². The summed E-state index contributed by atoms with van der Waals surface area (Å²) in [6, 6.07) is 4.85. The van der Waals surface area contributed by atoms with E-state index in [4.69, 9.17) is 11.6 Å². The van der Waals surface area contributed by atoms with Gasteiger partial charge in [0.2, 0.25) is 10.0 Å². The summed E-state index contributed by atoms with van der Waals surface area (Å²) < 4.78 is 25.8. The van der Waals surface area contributed by atoms with Gasteiger partial charge in [0.25, 0.3) is 0 Å². The zero-order valence-electron chi connectivity index (χ0n) is 9.43. The number of β-amino-alcohol motifs (C(OH)–C–C–N with tert-alkyl or cyclic N) is 1. The lowest BCUT2D eigenvalue weighted by Crippen LogP contribution is -2.29. The molecule has 1 heterocycles. The molecule has 0 saturated carbocycles. The van der Waals surface area contributed by atoms with Crippen molar-refractivity contribution in [2.75, 3.05) is 13.1 Å². The number of aryl methyl sites for hydroxylation is 1. The van der Waals surface area contributed by atoms with Crippen LogP contribution in [0.5, 0.6) is 0 Å². The van der Waals surface area contributed by atoms with Gasteiger partial charge < -0.3 is 5.11 Å². The average Bonchev–Trinajstić information content (AvgIpc) is 2.64. The molecule has 1 aromatic rings. The van der Waals surface area contributed by atoms with E-state index in [1.807, 2.05) is 6.92 Å². The van der Waals surface area contributed by atoms with Gasteiger partial charge >= 0.3 is 0 Å². The summed E-state index contributed by atoms with van der Waals surface area (Å²) in [5, 5.41) is 9.61. The second-order valence-electron chi connectivity index (χ2n) is 4.24. The van der Waals surface area contributed by atoms with Crippen LogP contribution in [0.15, 0.2) is 23.1 Å². The van der Waals surface area contributed by atoms with Gasteiger partial charge in [-0.25, -0.2) is 8.42 Å².